The number of rotatable bonds is 11. The molecule has 0 spiro atoms. The first-order chi connectivity index (χ1) is 11.3. The zero-order chi connectivity index (χ0) is 21.2. The molecule has 15 heteroatoms. The molecule has 158 valence electrons. The monoisotopic (exact) mass is 452 g/mol. The van der Waals surface area contributed by atoms with E-state index in [-0.39, 0.29) is 42.4 Å². The maximum Gasteiger partial charge on any atom is 1.00 e. The van der Waals surface area contributed by atoms with Crippen molar-refractivity contribution < 1.29 is 86.4 Å². The van der Waals surface area contributed by atoms with E-state index in [9.17, 15) is 56.9 Å². The summed E-state index contributed by atoms with van der Waals surface area (Å²) in [5, 5.41) is -7.25. The van der Waals surface area contributed by atoms with Crippen LogP contribution in [0.5, 0.6) is 0 Å². The zero-order valence-electron chi connectivity index (χ0n) is 14.2. The third-order valence-corrected chi connectivity index (χ3v) is 4.41. The molecule has 27 heavy (non-hydrogen) atoms. The summed E-state index contributed by atoms with van der Waals surface area (Å²) < 4.78 is 162. The van der Waals surface area contributed by atoms with Crippen molar-refractivity contribution in [2.24, 2.45) is 0 Å². The van der Waals surface area contributed by atoms with Gasteiger partial charge in [0.25, 0.3) is 0 Å². The van der Waals surface area contributed by atoms with Crippen molar-refractivity contribution in [3.8, 4) is 0 Å². The molecule has 0 aliphatic heterocycles. The van der Waals surface area contributed by atoms with Gasteiger partial charge in [-0.05, 0) is 6.42 Å². The Labute approximate surface area is 170 Å². The Hall–Kier alpha value is 0.210. The Morgan fingerprint density at radius 2 is 1.11 bits per heavy atom. The Morgan fingerprint density at radius 1 is 0.704 bits per heavy atom. The molecular formula is C12H15F10NaO3S. The summed E-state index contributed by atoms with van der Waals surface area (Å²) in [6.45, 7) is 1.70. The number of hydrogen-bond donors (Lipinski definition) is 0. The van der Waals surface area contributed by atoms with E-state index in [0.717, 1.165) is 0 Å². The molecule has 0 saturated heterocycles. The third kappa shape index (κ3) is 5.43. The van der Waals surface area contributed by atoms with Crippen molar-refractivity contribution in [3.05, 3.63) is 0 Å². The number of hydrogen-bond acceptors (Lipinski definition) is 3. The molecule has 0 radical (unpaired) electrons. The van der Waals surface area contributed by atoms with Gasteiger partial charge in [-0.2, -0.15) is 43.9 Å². The molecular weight excluding hydrogens is 437 g/mol. The minimum atomic E-state index is -7.59. The summed E-state index contributed by atoms with van der Waals surface area (Å²) in [7, 11) is -7.57. The fraction of sp³-hybridized carbons (Fsp3) is 1.00. The fourth-order valence-corrected chi connectivity index (χ4v) is 2.32. The predicted octanol–water partition coefficient (Wildman–Crippen LogP) is 2.03. The Balaban J connectivity index is 0. The van der Waals surface area contributed by atoms with Gasteiger partial charge in [0.2, 0.25) is 0 Å². The smallest absolute Gasteiger partial charge is 0.743 e. The van der Waals surface area contributed by atoms with E-state index in [0.29, 0.717) is 12.8 Å². The van der Waals surface area contributed by atoms with E-state index >= 15 is 0 Å². The first kappa shape index (κ1) is 29.4. The second-order valence-electron chi connectivity index (χ2n) is 5.56. The second kappa shape index (κ2) is 9.35. The van der Waals surface area contributed by atoms with Crippen LogP contribution in [0.3, 0.4) is 0 Å². The summed E-state index contributed by atoms with van der Waals surface area (Å²) in [5.41, 5.74) is 0. The van der Waals surface area contributed by atoms with Crippen LogP contribution in [-0.4, -0.2) is 41.9 Å². The average Bonchev–Trinajstić information content (AvgIpc) is 2.44. The molecule has 0 saturated carbocycles. The van der Waals surface area contributed by atoms with Gasteiger partial charge < -0.3 is 4.55 Å². The van der Waals surface area contributed by atoms with Crippen LogP contribution in [0.2, 0.25) is 0 Å². The van der Waals surface area contributed by atoms with Crippen LogP contribution in [-0.2, 0) is 10.1 Å². The predicted molar refractivity (Wildman–Crippen MR) is 67.8 cm³/mol. The van der Waals surface area contributed by atoms with Crippen LogP contribution < -0.4 is 29.6 Å². The topological polar surface area (TPSA) is 57.2 Å². The molecule has 0 N–H and O–H groups in total. The van der Waals surface area contributed by atoms with Gasteiger partial charge >= 0.3 is 58.5 Å². The fourth-order valence-electron chi connectivity index (χ4n) is 1.87. The van der Waals surface area contributed by atoms with E-state index in [1.54, 1.807) is 6.92 Å². The zero-order valence-corrected chi connectivity index (χ0v) is 17.0. The van der Waals surface area contributed by atoms with Crippen molar-refractivity contribution >= 4 is 10.1 Å². The second-order valence-corrected chi connectivity index (χ2v) is 6.98. The molecule has 0 bridgehead atoms. The maximum atomic E-state index is 13.4. The van der Waals surface area contributed by atoms with Crippen LogP contribution in [0.25, 0.3) is 0 Å². The van der Waals surface area contributed by atoms with Crippen molar-refractivity contribution in [1.82, 2.24) is 0 Å². The molecule has 3 nitrogen and oxygen atoms in total. The van der Waals surface area contributed by atoms with E-state index in [1.807, 2.05) is 0 Å². The largest absolute Gasteiger partial charge is 1.00 e. The molecule has 0 amide bonds. The standard InChI is InChI=1S/C12H16F10O3S.Na/c1-2-3-4-5-6-7-8(13,14)9(15,16)10(17,18)11(19,20)12(21,22)26(23,24)25;/h2-7H2,1H3,(H,23,24,25);/q;+1/p-1. The molecule has 0 atom stereocenters. The van der Waals surface area contributed by atoms with Gasteiger partial charge in [0.05, 0.1) is 0 Å². The van der Waals surface area contributed by atoms with Gasteiger partial charge in [0.15, 0.2) is 10.1 Å². The quantitative estimate of drug-likeness (QED) is 0.209. The van der Waals surface area contributed by atoms with Gasteiger partial charge in [-0.25, -0.2) is 8.42 Å². The Morgan fingerprint density at radius 3 is 1.48 bits per heavy atom. The van der Waals surface area contributed by atoms with Crippen LogP contribution in [0.1, 0.15) is 45.4 Å². The van der Waals surface area contributed by atoms with Gasteiger partial charge in [-0.15, -0.1) is 0 Å². The van der Waals surface area contributed by atoms with Crippen LogP contribution in [0.4, 0.5) is 43.9 Å². The van der Waals surface area contributed by atoms with Crippen LogP contribution in [0.15, 0.2) is 0 Å². The van der Waals surface area contributed by atoms with E-state index in [2.05, 4.69) is 0 Å². The summed E-state index contributed by atoms with van der Waals surface area (Å²) in [5.74, 6) is -28.0. The number of halogens is 10. The van der Waals surface area contributed by atoms with Crippen LogP contribution in [0, 0.1) is 0 Å². The normalized spacial score (nSPS) is 14.8. The minimum Gasteiger partial charge on any atom is -0.743 e. The summed E-state index contributed by atoms with van der Waals surface area (Å²) >= 11 is 0. The van der Waals surface area contributed by atoms with Crippen molar-refractivity contribution in [2.75, 3.05) is 0 Å². The minimum absolute atomic E-state index is 0. The van der Waals surface area contributed by atoms with E-state index in [4.69, 9.17) is 0 Å². The number of alkyl halides is 10. The molecule has 0 unspecified atom stereocenters. The Bertz CT molecular complexity index is 580. The molecule has 0 aliphatic rings. The van der Waals surface area contributed by atoms with E-state index in [1.165, 1.54) is 0 Å². The maximum absolute atomic E-state index is 13.4. The molecule has 0 aromatic heterocycles. The van der Waals surface area contributed by atoms with Gasteiger partial charge in [0.1, 0.15) is 0 Å². The first-order valence-corrected chi connectivity index (χ1v) is 8.56. The third-order valence-electron chi connectivity index (χ3n) is 3.52. The molecule has 0 aromatic carbocycles. The van der Waals surface area contributed by atoms with Gasteiger partial charge in [0, 0.05) is 6.42 Å². The average molecular weight is 452 g/mol. The first-order valence-electron chi connectivity index (χ1n) is 7.15. The molecule has 0 aliphatic carbocycles. The van der Waals surface area contributed by atoms with E-state index < -0.39 is 51.9 Å². The van der Waals surface area contributed by atoms with Crippen molar-refractivity contribution in [3.63, 3.8) is 0 Å². The SMILES string of the molecule is CCCCCCCC(F)(F)C(F)(F)C(F)(F)C(F)(F)C(F)(F)S(=O)(=O)[O-].[Na+]. The number of unbranched alkanes of at least 4 members (excludes halogenated alkanes) is 4. The van der Waals surface area contributed by atoms with Crippen molar-refractivity contribution in [1.29, 1.82) is 0 Å². The Kier molecular flexibility index (Phi) is 10.2. The summed E-state index contributed by atoms with van der Waals surface area (Å²) in [6.07, 6.45) is -1.64. The van der Waals surface area contributed by atoms with Crippen LogP contribution >= 0.6 is 0 Å². The summed E-state index contributed by atoms with van der Waals surface area (Å²) in [4.78, 5) is 0. The molecule has 0 aromatic rings. The molecule has 0 rings (SSSR count). The molecule has 0 heterocycles. The van der Waals surface area contributed by atoms with Crippen molar-refractivity contribution in [2.45, 2.75) is 74.4 Å². The summed E-state index contributed by atoms with van der Waals surface area (Å²) in [6, 6.07) is 0. The molecule has 0 fully saturated rings. The van der Waals surface area contributed by atoms with Gasteiger partial charge in [-0.3, -0.25) is 0 Å². The van der Waals surface area contributed by atoms with Gasteiger partial charge in [-0.1, -0.05) is 32.6 Å².